The molecule has 0 amide bonds. The molecule has 0 spiro atoms. The molecule has 2 aromatic rings. The molecule has 1 aromatic heterocycles. The predicted molar refractivity (Wildman–Crippen MR) is 69.1 cm³/mol. The minimum Gasteiger partial charge on any atom is -0.265 e. The lowest BCUT2D eigenvalue weighted by Crippen LogP contribution is -2.00. The van der Waals surface area contributed by atoms with E-state index < -0.39 is 0 Å². The maximum Gasteiger partial charge on any atom is 0.0719 e. The third-order valence-electron chi connectivity index (χ3n) is 3.84. The first-order chi connectivity index (χ1) is 7.49. The molecule has 0 N–H and O–H groups in total. The van der Waals surface area contributed by atoms with Crippen molar-refractivity contribution in [3.8, 4) is 0 Å². The molecule has 0 fully saturated rings. The fraction of sp³-hybridized carbons (Fsp3) is 0.500. The lowest BCUT2D eigenvalue weighted by molar-refractivity contribution is 0.674. The van der Waals surface area contributed by atoms with E-state index in [-0.39, 0.29) is 0 Å². The molecular formula is C14H20N2. The molecular weight excluding hydrogens is 196 g/mol. The maximum absolute atomic E-state index is 4.63. The summed E-state index contributed by atoms with van der Waals surface area (Å²) in [5.41, 5.74) is 8.04. The molecule has 0 bridgehead atoms. The van der Waals surface area contributed by atoms with Gasteiger partial charge in [-0.15, -0.1) is 0 Å². The van der Waals surface area contributed by atoms with Crippen molar-refractivity contribution in [2.45, 2.75) is 48.1 Å². The Bertz CT molecular complexity index is 562. The van der Waals surface area contributed by atoms with E-state index in [1.807, 2.05) is 0 Å². The monoisotopic (exact) mass is 216 g/mol. The zero-order chi connectivity index (χ0) is 12.0. The van der Waals surface area contributed by atoms with Crippen molar-refractivity contribution in [2.24, 2.45) is 0 Å². The first-order valence-corrected chi connectivity index (χ1v) is 5.92. The number of nitrogens with zero attached hydrogens (tertiary/aromatic N) is 2. The number of fused-ring (bicyclic) bond motifs is 1. The normalized spacial score (nSPS) is 11.4. The minimum absolute atomic E-state index is 0.938. The van der Waals surface area contributed by atoms with E-state index in [9.17, 15) is 0 Å². The van der Waals surface area contributed by atoms with Crippen molar-refractivity contribution in [3.05, 3.63) is 27.9 Å². The van der Waals surface area contributed by atoms with E-state index in [4.69, 9.17) is 0 Å². The van der Waals surface area contributed by atoms with E-state index in [1.165, 1.54) is 33.2 Å². The van der Waals surface area contributed by atoms with Crippen molar-refractivity contribution in [1.82, 2.24) is 9.78 Å². The fourth-order valence-electron chi connectivity index (χ4n) is 2.57. The van der Waals surface area contributed by atoms with Crippen LogP contribution in [0.3, 0.4) is 0 Å². The average molecular weight is 216 g/mol. The summed E-state index contributed by atoms with van der Waals surface area (Å²) in [6.07, 6.45) is 0. The molecule has 2 heteroatoms. The van der Waals surface area contributed by atoms with Crippen LogP contribution in [0.5, 0.6) is 0 Å². The highest BCUT2D eigenvalue weighted by molar-refractivity contribution is 5.90. The molecule has 0 aliphatic rings. The Balaban J connectivity index is 3.04. The third-order valence-corrected chi connectivity index (χ3v) is 3.84. The second-order valence-corrected chi connectivity index (χ2v) is 4.62. The first-order valence-electron chi connectivity index (χ1n) is 5.92. The summed E-state index contributed by atoms with van der Waals surface area (Å²) in [6, 6.07) is 0. The van der Waals surface area contributed by atoms with E-state index >= 15 is 0 Å². The molecule has 16 heavy (non-hydrogen) atoms. The van der Waals surface area contributed by atoms with Crippen LogP contribution < -0.4 is 0 Å². The second-order valence-electron chi connectivity index (χ2n) is 4.62. The van der Waals surface area contributed by atoms with Gasteiger partial charge in [-0.25, -0.2) is 0 Å². The average Bonchev–Trinajstić information content (AvgIpc) is 2.60. The number of aryl methyl sites for hydroxylation is 4. The largest absolute Gasteiger partial charge is 0.265 e. The summed E-state index contributed by atoms with van der Waals surface area (Å²) in [5, 5.41) is 5.98. The van der Waals surface area contributed by atoms with Crippen LogP contribution in [-0.2, 0) is 6.54 Å². The van der Waals surface area contributed by atoms with Gasteiger partial charge in [0.05, 0.1) is 11.2 Å². The topological polar surface area (TPSA) is 17.8 Å². The highest BCUT2D eigenvalue weighted by atomic mass is 15.3. The summed E-state index contributed by atoms with van der Waals surface area (Å²) in [5.74, 6) is 0. The Labute approximate surface area is 97.3 Å². The quantitative estimate of drug-likeness (QED) is 0.712. The van der Waals surface area contributed by atoms with Crippen LogP contribution in [0, 0.1) is 34.6 Å². The Morgan fingerprint density at radius 3 is 2.00 bits per heavy atom. The van der Waals surface area contributed by atoms with Crippen molar-refractivity contribution in [2.75, 3.05) is 0 Å². The SMILES string of the molecule is CCn1nc(C)c2c(C)c(C)c(C)c(C)c21. The number of rotatable bonds is 1. The summed E-state index contributed by atoms with van der Waals surface area (Å²) in [6.45, 7) is 14.0. The molecule has 0 aliphatic carbocycles. The zero-order valence-corrected chi connectivity index (χ0v) is 11.1. The number of benzene rings is 1. The lowest BCUT2D eigenvalue weighted by atomic mass is 9.94. The Morgan fingerprint density at radius 2 is 1.44 bits per heavy atom. The maximum atomic E-state index is 4.63. The Hall–Kier alpha value is -1.31. The van der Waals surface area contributed by atoms with Crippen LogP contribution in [0.25, 0.3) is 10.9 Å². The van der Waals surface area contributed by atoms with E-state index in [0.29, 0.717) is 0 Å². The van der Waals surface area contributed by atoms with Gasteiger partial charge in [0.2, 0.25) is 0 Å². The molecule has 0 unspecified atom stereocenters. The standard InChI is InChI=1S/C14H20N2/c1-7-16-14-11(5)9(3)8(2)10(4)13(14)12(6)15-16/h7H2,1-6H3. The van der Waals surface area contributed by atoms with Gasteiger partial charge in [-0.2, -0.15) is 5.10 Å². The van der Waals surface area contributed by atoms with Crippen LogP contribution in [-0.4, -0.2) is 9.78 Å². The van der Waals surface area contributed by atoms with E-state index in [1.54, 1.807) is 0 Å². The summed E-state index contributed by atoms with van der Waals surface area (Å²) in [7, 11) is 0. The molecule has 0 radical (unpaired) electrons. The van der Waals surface area contributed by atoms with Crippen LogP contribution in [0.2, 0.25) is 0 Å². The summed E-state index contributed by atoms with van der Waals surface area (Å²) < 4.78 is 2.12. The van der Waals surface area contributed by atoms with Crippen molar-refractivity contribution < 1.29 is 0 Å². The van der Waals surface area contributed by atoms with Crippen LogP contribution in [0.1, 0.15) is 34.9 Å². The molecule has 0 saturated carbocycles. The smallest absolute Gasteiger partial charge is 0.0719 e. The number of hydrogen-bond acceptors (Lipinski definition) is 1. The van der Waals surface area contributed by atoms with Gasteiger partial charge < -0.3 is 0 Å². The molecule has 2 rings (SSSR count). The molecule has 86 valence electrons. The Morgan fingerprint density at radius 1 is 0.875 bits per heavy atom. The van der Waals surface area contributed by atoms with Gasteiger partial charge in [0, 0.05) is 11.9 Å². The summed E-state index contributed by atoms with van der Waals surface area (Å²) in [4.78, 5) is 0. The zero-order valence-electron chi connectivity index (χ0n) is 11.1. The van der Waals surface area contributed by atoms with Gasteiger partial charge in [0.1, 0.15) is 0 Å². The second kappa shape index (κ2) is 3.62. The molecule has 0 aliphatic heterocycles. The van der Waals surface area contributed by atoms with Gasteiger partial charge >= 0.3 is 0 Å². The molecule has 2 nitrogen and oxygen atoms in total. The van der Waals surface area contributed by atoms with Crippen LogP contribution in [0.4, 0.5) is 0 Å². The lowest BCUT2D eigenvalue weighted by Gasteiger charge is -2.12. The van der Waals surface area contributed by atoms with Gasteiger partial charge in [0.15, 0.2) is 0 Å². The van der Waals surface area contributed by atoms with E-state index in [0.717, 1.165) is 12.2 Å². The highest BCUT2D eigenvalue weighted by Gasteiger charge is 2.15. The van der Waals surface area contributed by atoms with E-state index in [2.05, 4.69) is 51.3 Å². The minimum atomic E-state index is 0.938. The number of aromatic nitrogens is 2. The van der Waals surface area contributed by atoms with Crippen LogP contribution >= 0.6 is 0 Å². The number of hydrogen-bond donors (Lipinski definition) is 0. The Kier molecular flexibility index (Phi) is 2.53. The van der Waals surface area contributed by atoms with Crippen molar-refractivity contribution in [1.29, 1.82) is 0 Å². The van der Waals surface area contributed by atoms with Crippen molar-refractivity contribution >= 4 is 10.9 Å². The van der Waals surface area contributed by atoms with Gasteiger partial charge in [-0.05, 0) is 63.8 Å². The fourth-order valence-corrected chi connectivity index (χ4v) is 2.57. The molecule has 0 saturated heterocycles. The molecule has 0 atom stereocenters. The van der Waals surface area contributed by atoms with Gasteiger partial charge in [0.25, 0.3) is 0 Å². The predicted octanol–water partition coefficient (Wildman–Crippen LogP) is 3.60. The molecule has 1 heterocycles. The first kappa shape index (κ1) is 11.2. The molecule has 1 aromatic carbocycles. The van der Waals surface area contributed by atoms with Crippen molar-refractivity contribution in [3.63, 3.8) is 0 Å². The van der Waals surface area contributed by atoms with Gasteiger partial charge in [-0.1, -0.05) is 0 Å². The van der Waals surface area contributed by atoms with Crippen LogP contribution in [0.15, 0.2) is 0 Å². The third kappa shape index (κ3) is 1.29. The summed E-state index contributed by atoms with van der Waals surface area (Å²) >= 11 is 0. The highest BCUT2D eigenvalue weighted by Crippen LogP contribution is 2.30. The van der Waals surface area contributed by atoms with Gasteiger partial charge in [-0.3, -0.25) is 4.68 Å².